The lowest BCUT2D eigenvalue weighted by molar-refractivity contribution is 0.105. The smallest absolute Gasteiger partial charge is 0.222 e. The van der Waals surface area contributed by atoms with Gasteiger partial charge in [0.25, 0.3) is 0 Å². The molecule has 0 radical (unpaired) electrons. The van der Waals surface area contributed by atoms with E-state index in [0.29, 0.717) is 4.99 Å². The van der Waals surface area contributed by atoms with E-state index in [1.807, 2.05) is 24.4 Å². The lowest BCUT2D eigenvalue weighted by atomic mass is 10.1. The van der Waals surface area contributed by atoms with Crippen LogP contribution in [0.4, 0.5) is 0 Å². The van der Waals surface area contributed by atoms with E-state index in [2.05, 4.69) is 22.5 Å². The summed E-state index contributed by atoms with van der Waals surface area (Å²) in [5.74, 6) is -0.00435. The molecule has 0 unspecified atom stereocenters. The SMILES string of the molecule is CCn1cc(C(=O)C(=S)N2CCCCC2)c2ccccc21. The molecule has 1 aromatic heterocycles. The van der Waals surface area contributed by atoms with Crippen LogP contribution in [-0.2, 0) is 6.54 Å². The van der Waals surface area contributed by atoms with E-state index in [-0.39, 0.29) is 5.78 Å². The fourth-order valence-corrected chi connectivity index (χ4v) is 3.34. The van der Waals surface area contributed by atoms with E-state index in [1.54, 1.807) is 0 Å². The van der Waals surface area contributed by atoms with Crippen LogP contribution < -0.4 is 0 Å². The molecule has 0 N–H and O–H groups in total. The van der Waals surface area contributed by atoms with Gasteiger partial charge in [-0.1, -0.05) is 30.4 Å². The van der Waals surface area contributed by atoms with E-state index in [0.717, 1.165) is 48.9 Å². The van der Waals surface area contributed by atoms with Crippen LogP contribution in [0.2, 0.25) is 0 Å². The van der Waals surface area contributed by atoms with Crippen molar-refractivity contribution in [2.75, 3.05) is 13.1 Å². The fraction of sp³-hybridized carbons (Fsp3) is 0.412. The predicted octanol–water partition coefficient (Wildman–Crippen LogP) is 3.66. The first-order valence-electron chi connectivity index (χ1n) is 7.64. The number of likely N-dealkylation sites (tertiary alicyclic amines) is 1. The summed E-state index contributed by atoms with van der Waals surface area (Å²) >= 11 is 5.45. The molecule has 110 valence electrons. The molecular weight excluding hydrogens is 280 g/mol. The second-order valence-corrected chi connectivity index (χ2v) is 5.91. The van der Waals surface area contributed by atoms with Gasteiger partial charge in [-0.2, -0.15) is 0 Å². The Kier molecular flexibility index (Phi) is 4.06. The standard InChI is InChI=1S/C17H20N2OS/c1-2-18-12-14(13-8-4-5-9-15(13)18)16(20)17(21)19-10-6-3-7-11-19/h4-5,8-9,12H,2-3,6-7,10-11H2,1H3. The molecule has 4 heteroatoms. The van der Waals surface area contributed by atoms with Gasteiger partial charge in [-0.3, -0.25) is 4.79 Å². The van der Waals surface area contributed by atoms with Crippen LogP contribution in [0.3, 0.4) is 0 Å². The van der Waals surface area contributed by atoms with Gasteiger partial charge in [0.05, 0.1) is 5.56 Å². The third-order valence-corrected chi connectivity index (χ3v) is 4.66. The Hall–Kier alpha value is -1.68. The van der Waals surface area contributed by atoms with Gasteiger partial charge < -0.3 is 9.47 Å². The summed E-state index contributed by atoms with van der Waals surface area (Å²) in [6.45, 7) is 4.77. The summed E-state index contributed by atoms with van der Waals surface area (Å²) in [7, 11) is 0. The number of fused-ring (bicyclic) bond motifs is 1. The number of nitrogens with zero attached hydrogens (tertiary/aromatic N) is 2. The summed E-state index contributed by atoms with van der Waals surface area (Å²) in [5, 5.41) is 1.00. The molecule has 1 aliphatic heterocycles. The molecule has 0 amide bonds. The van der Waals surface area contributed by atoms with Crippen LogP contribution in [-0.4, -0.2) is 33.3 Å². The minimum absolute atomic E-state index is 0.00435. The number of Topliss-reactive ketones (excluding diaryl/α,β-unsaturated/α-hetero) is 1. The van der Waals surface area contributed by atoms with Crippen molar-refractivity contribution in [2.45, 2.75) is 32.7 Å². The van der Waals surface area contributed by atoms with Crippen LogP contribution in [0.5, 0.6) is 0 Å². The molecule has 0 aliphatic carbocycles. The van der Waals surface area contributed by atoms with Crippen LogP contribution >= 0.6 is 12.2 Å². The maximum atomic E-state index is 12.8. The monoisotopic (exact) mass is 300 g/mol. The number of benzene rings is 1. The van der Waals surface area contributed by atoms with Crippen molar-refractivity contribution in [1.29, 1.82) is 0 Å². The number of rotatable bonds is 3. The molecule has 21 heavy (non-hydrogen) atoms. The van der Waals surface area contributed by atoms with Gasteiger partial charge in [0.2, 0.25) is 5.78 Å². The molecule has 0 saturated carbocycles. The molecule has 1 fully saturated rings. The van der Waals surface area contributed by atoms with Gasteiger partial charge in [0.1, 0.15) is 0 Å². The van der Waals surface area contributed by atoms with Gasteiger partial charge in [-0.05, 0) is 32.3 Å². The zero-order valence-corrected chi connectivity index (χ0v) is 13.2. The average molecular weight is 300 g/mol. The zero-order valence-electron chi connectivity index (χ0n) is 12.3. The topological polar surface area (TPSA) is 25.2 Å². The van der Waals surface area contributed by atoms with Gasteiger partial charge in [-0.15, -0.1) is 0 Å². The number of hydrogen-bond donors (Lipinski definition) is 0. The highest BCUT2D eigenvalue weighted by Crippen LogP contribution is 2.23. The number of ketones is 1. The number of aryl methyl sites for hydroxylation is 1. The van der Waals surface area contributed by atoms with Crippen molar-refractivity contribution in [3.8, 4) is 0 Å². The maximum absolute atomic E-state index is 12.8. The molecule has 0 bridgehead atoms. The fourth-order valence-electron chi connectivity index (χ4n) is 3.05. The minimum atomic E-state index is -0.00435. The highest BCUT2D eigenvalue weighted by Gasteiger charge is 2.23. The molecule has 3 rings (SSSR count). The Morgan fingerprint density at radius 3 is 2.62 bits per heavy atom. The molecule has 0 spiro atoms. The third-order valence-electron chi connectivity index (χ3n) is 4.21. The van der Waals surface area contributed by atoms with E-state index in [9.17, 15) is 4.79 Å². The van der Waals surface area contributed by atoms with Crippen LogP contribution in [0.15, 0.2) is 30.5 Å². The van der Waals surface area contributed by atoms with Gasteiger partial charge in [0.15, 0.2) is 4.99 Å². The van der Waals surface area contributed by atoms with Crippen molar-refractivity contribution >= 4 is 33.9 Å². The molecule has 1 aromatic carbocycles. The van der Waals surface area contributed by atoms with E-state index >= 15 is 0 Å². The second-order valence-electron chi connectivity index (χ2n) is 5.53. The van der Waals surface area contributed by atoms with E-state index in [4.69, 9.17) is 12.2 Å². The van der Waals surface area contributed by atoms with Crippen molar-refractivity contribution < 1.29 is 4.79 Å². The summed E-state index contributed by atoms with van der Waals surface area (Å²) in [4.78, 5) is 15.3. The Bertz CT molecular complexity index is 683. The average Bonchev–Trinajstić information content (AvgIpc) is 2.93. The number of aromatic nitrogens is 1. The number of carbonyl (C=O) groups is 1. The normalized spacial score (nSPS) is 15.4. The van der Waals surface area contributed by atoms with E-state index in [1.165, 1.54) is 6.42 Å². The Balaban J connectivity index is 1.96. The van der Waals surface area contributed by atoms with Gasteiger partial charge >= 0.3 is 0 Å². The third kappa shape index (κ3) is 2.60. The zero-order chi connectivity index (χ0) is 14.8. The molecular formula is C17H20N2OS. The molecule has 2 heterocycles. The molecule has 3 nitrogen and oxygen atoms in total. The van der Waals surface area contributed by atoms with Crippen molar-refractivity contribution in [2.24, 2.45) is 0 Å². The van der Waals surface area contributed by atoms with E-state index < -0.39 is 0 Å². The van der Waals surface area contributed by atoms with Gasteiger partial charge in [0, 0.05) is 36.7 Å². The molecule has 1 aliphatic rings. The summed E-state index contributed by atoms with van der Waals surface area (Å²) in [5.41, 5.74) is 1.84. The lowest BCUT2D eigenvalue weighted by Gasteiger charge is -2.28. The quantitative estimate of drug-likeness (QED) is 0.639. The van der Waals surface area contributed by atoms with Gasteiger partial charge in [-0.25, -0.2) is 0 Å². The highest BCUT2D eigenvalue weighted by molar-refractivity contribution is 7.82. The number of hydrogen-bond acceptors (Lipinski definition) is 2. The Morgan fingerprint density at radius 1 is 1.19 bits per heavy atom. The number of thiocarbonyl (C=S) groups is 1. The minimum Gasteiger partial charge on any atom is -0.360 e. The predicted molar refractivity (Wildman–Crippen MR) is 90.0 cm³/mol. The lowest BCUT2D eigenvalue weighted by Crippen LogP contribution is -2.38. The first kappa shape index (κ1) is 14.3. The maximum Gasteiger partial charge on any atom is 0.222 e. The largest absolute Gasteiger partial charge is 0.360 e. The molecule has 1 saturated heterocycles. The van der Waals surface area contributed by atoms with Crippen LogP contribution in [0, 0.1) is 0 Å². The van der Waals surface area contributed by atoms with Crippen molar-refractivity contribution in [3.63, 3.8) is 0 Å². The molecule has 2 aromatic rings. The Labute approximate surface area is 130 Å². The summed E-state index contributed by atoms with van der Waals surface area (Å²) in [6.07, 6.45) is 5.44. The highest BCUT2D eigenvalue weighted by atomic mass is 32.1. The first-order chi connectivity index (χ1) is 10.2. The summed E-state index contributed by atoms with van der Waals surface area (Å²) in [6, 6.07) is 8.04. The number of carbonyl (C=O) groups excluding carboxylic acids is 1. The first-order valence-corrected chi connectivity index (χ1v) is 8.04. The van der Waals surface area contributed by atoms with Crippen molar-refractivity contribution in [1.82, 2.24) is 9.47 Å². The van der Waals surface area contributed by atoms with Crippen molar-refractivity contribution in [3.05, 3.63) is 36.0 Å². The van der Waals surface area contributed by atoms with Crippen LogP contribution in [0.25, 0.3) is 10.9 Å². The van der Waals surface area contributed by atoms with Crippen LogP contribution in [0.1, 0.15) is 36.5 Å². The number of piperidine rings is 1. The Morgan fingerprint density at radius 2 is 1.90 bits per heavy atom. The molecule has 0 atom stereocenters. The summed E-state index contributed by atoms with van der Waals surface area (Å²) < 4.78 is 2.11. The number of para-hydroxylation sites is 1. The second kappa shape index (κ2) is 5.98.